The third-order valence-corrected chi connectivity index (χ3v) is 8.16. The van der Waals surface area contributed by atoms with Crippen LogP contribution in [0.1, 0.15) is 51.2 Å². The van der Waals surface area contributed by atoms with E-state index in [1.165, 1.54) is 18.4 Å². The summed E-state index contributed by atoms with van der Waals surface area (Å²) in [5.74, 6) is 0.194. The monoisotopic (exact) mass is 499 g/mol. The van der Waals surface area contributed by atoms with E-state index in [9.17, 15) is 18.5 Å². The van der Waals surface area contributed by atoms with Crippen LogP contribution in [0.5, 0.6) is 0 Å². The van der Waals surface area contributed by atoms with Gasteiger partial charge in [0, 0.05) is 16.0 Å². The van der Waals surface area contributed by atoms with E-state index >= 15 is 0 Å². The molecule has 0 fully saturated rings. The molecule has 3 aromatic rings. The predicted octanol–water partition coefficient (Wildman–Crippen LogP) is 2.75. The van der Waals surface area contributed by atoms with Crippen molar-refractivity contribution in [2.45, 2.75) is 32.1 Å². The molecule has 0 aliphatic carbocycles. The molecular weight excluding hydrogens is 478 g/mol. The predicted molar refractivity (Wildman–Crippen MR) is 125 cm³/mol. The van der Waals surface area contributed by atoms with Crippen LogP contribution in [0.25, 0.3) is 5.00 Å². The van der Waals surface area contributed by atoms with Gasteiger partial charge in [0.2, 0.25) is 0 Å². The van der Waals surface area contributed by atoms with Crippen LogP contribution in [-0.2, 0) is 29.6 Å². The number of carbonyl (C=O) groups is 1. The summed E-state index contributed by atoms with van der Waals surface area (Å²) in [4.78, 5) is 17.7. The number of aryl methyl sites for hydroxylation is 1. The second-order valence-electron chi connectivity index (χ2n) is 7.57. The molecule has 0 saturated carbocycles. The maximum atomic E-state index is 12.3. The van der Waals surface area contributed by atoms with Crippen LogP contribution in [0.4, 0.5) is 0 Å². The summed E-state index contributed by atoms with van der Waals surface area (Å²) in [5.41, 5.74) is 2.78. The Morgan fingerprint density at radius 1 is 1.24 bits per heavy atom. The van der Waals surface area contributed by atoms with E-state index in [0.29, 0.717) is 49.5 Å². The number of aromatic nitrogens is 3. The molecule has 2 aromatic heterocycles. The number of benzene rings is 1. The maximum Gasteiger partial charge on any atom is 0.308 e. The number of nitrogens with zero attached hydrogens (tertiary/aromatic N) is 5. The number of aliphatic imine (C=N–C) groups is 1. The molecule has 0 unspecified atom stereocenters. The molecule has 1 aromatic carbocycles. The highest BCUT2D eigenvalue weighted by molar-refractivity contribution is 7.86. The van der Waals surface area contributed by atoms with Gasteiger partial charge in [-0.2, -0.15) is 13.7 Å². The van der Waals surface area contributed by atoms with Crippen molar-refractivity contribution in [1.29, 1.82) is 5.26 Å². The van der Waals surface area contributed by atoms with E-state index in [1.807, 2.05) is 0 Å². The molecule has 0 bridgehead atoms. The largest absolute Gasteiger partial charge is 0.469 e. The lowest BCUT2D eigenvalue weighted by atomic mass is 9.96. The van der Waals surface area contributed by atoms with Gasteiger partial charge in [0.15, 0.2) is 5.82 Å². The summed E-state index contributed by atoms with van der Waals surface area (Å²) in [6.07, 6.45) is -0.0776. The van der Waals surface area contributed by atoms with E-state index in [4.69, 9.17) is 9.73 Å². The van der Waals surface area contributed by atoms with Crippen LogP contribution in [0.2, 0.25) is 0 Å². The zero-order chi connectivity index (χ0) is 24.6. The van der Waals surface area contributed by atoms with Crippen LogP contribution in [0.3, 0.4) is 0 Å². The third-order valence-electron chi connectivity index (χ3n) is 5.55. The Balaban J connectivity index is 2.05. The van der Waals surface area contributed by atoms with Gasteiger partial charge < -0.3 is 4.74 Å². The Labute approximate surface area is 200 Å². The van der Waals surface area contributed by atoms with Crippen molar-refractivity contribution >= 4 is 33.1 Å². The van der Waals surface area contributed by atoms with Crippen LogP contribution >= 0.6 is 11.3 Å². The number of hydrogen-bond acceptors (Lipinski definition) is 10. The molecule has 0 N–H and O–H groups in total. The molecule has 0 saturated heterocycles. The fraction of sp³-hybridized carbons (Fsp3) is 0.318. The van der Waals surface area contributed by atoms with Crippen LogP contribution < -0.4 is 0 Å². The Hall–Kier alpha value is -3.40. The van der Waals surface area contributed by atoms with E-state index in [2.05, 4.69) is 20.4 Å². The summed E-state index contributed by atoms with van der Waals surface area (Å²) >= 11 is 1.26. The molecule has 34 heavy (non-hydrogen) atoms. The van der Waals surface area contributed by atoms with Crippen molar-refractivity contribution in [3.8, 4) is 11.1 Å². The Kier molecular flexibility index (Phi) is 6.35. The minimum Gasteiger partial charge on any atom is -0.469 e. The average Bonchev–Trinajstić information content (AvgIpc) is 3.31. The smallest absolute Gasteiger partial charge is 0.308 e. The van der Waals surface area contributed by atoms with Crippen molar-refractivity contribution in [3.63, 3.8) is 0 Å². The minimum absolute atomic E-state index is 0.0776. The van der Waals surface area contributed by atoms with Gasteiger partial charge in [-0.25, -0.2) is 0 Å². The Bertz CT molecular complexity index is 1460. The third kappa shape index (κ3) is 4.13. The Morgan fingerprint density at radius 2 is 1.97 bits per heavy atom. The number of thiophene rings is 1. The van der Waals surface area contributed by atoms with Gasteiger partial charge in [0.25, 0.3) is 10.1 Å². The first-order valence-corrected chi connectivity index (χ1v) is 12.6. The molecule has 1 aliphatic rings. The molecule has 12 heteroatoms. The molecule has 10 nitrogen and oxygen atoms in total. The number of ether oxygens (including phenoxy) is 1. The first-order chi connectivity index (χ1) is 16.2. The number of hydrogen-bond donors (Lipinski definition) is 0. The zero-order valence-corrected chi connectivity index (χ0v) is 20.5. The number of methoxy groups -OCH3 is 1. The van der Waals surface area contributed by atoms with Gasteiger partial charge in [-0.05, 0) is 25.5 Å². The van der Waals surface area contributed by atoms with Gasteiger partial charge in [-0.3, -0.25) is 18.5 Å². The van der Waals surface area contributed by atoms with E-state index in [0.717, 1.165) is 7.11 Å². The summed E-state index contributed by atoms with van der Waals surface area (Å²) in [6, 6.07) is 8.47. The lowest BCUT2D eigenvalue weighted by Crippen LogP contribution is -2.13. The van der Waals surface area contributed by atoms with E-state index in [1.54, 1.807) is 42.7 Å². The van der Waals surface area contributed by atoms with Crippen molar-refractivity contribution in [2.75, 3.05) is 14.2 Å². The average molecular weight is 500 g/mol. The van der Waals surface area contributed by atoms with Crippen molar-refractivity contribution in [1.82, 2.24) is 14.8 Å². The standard InChI is InChI=1S/C22H21N5O5S2/c1-12-17(11-34(29,30)32-4)33-22-19(12)20(15-8-6-5-7-14(15)10-23)24-16(9-18(28)31-3)21-26-25-13(2)27(21)22/h5-8,16H,9,11H2,1-4H3/t16-/m0/s1. The highest BCUT2D eigenvalue weighted by atomic mass is 32.2. The fourth-order valence-corrected chi connectivity index (χ4v) is 6.31. The highest BCUT2D eigenvalue weighted by Gasteiger charge is 2.34. The van der Waals surface area contributed by atoms with Crippen LogP contribution in [0.15, 0.2) is 29.3 Å². The zero-order valence-electron chi connectivity index (χ0n) is 18.9. The lowest BCUT2D eigenvalue weighted by molar-refractivity contribution is -0.141. The summed E-state index contributed by atoms with van der Waals surface area (Å²) < 4.78 is 35.8. The number of nitriles is 1. The van der Waals surface area contributed by atoms with Crippen molar-refractivity contribution < 1.29 is 22.1 Å². The molecule has 0 amide bonds. The fourth-order valence-electron chi connectivity index (χ4n) is 3.83. The first kappa shape index (κ1) is 23.7. The molecule has 0 spiro atoms. The van der Waals surface area contributed by atoms with Gasteiger partial charge in [0.1, 0.15) is 22.6 Å². The molecule has 0 radical (unpaired) electrons. The normalized spacial score (nSPS) is 15.0. The van der Waals surface area contributed by atoms with E-state index in [-0.39, 0.29) is 12.2 Å². The molecular formula is C22H21N5O5S2. The summed E-state index contributed by atoms with van der Waals surface area (Å²) in [6.45, 7) is 3.57. The lowest BCUT2D eigenvalue weighted by Gasteiger charge is -2.12. The molecule has 4 rings (SSSR count). The van der Waals surface area contributed by atoms with Gasteiger partial charge in [-0.15, -0.1) is 21.5 Å². The van der Waals surface area contributed by atoms with Gasteiger partial charge in [-0.1, -0.05) is 18.2 Å². The van der Waals surface area contributed by atoms with Crippen LogP contribution in [-0.4, -0.2) is 49.1 Å². The number of fused-ring (bicyclic) bond motifs is 3. The van der Waals surface area contributed by atoms with Crippen molar-refractivity contribution in [3.05, 3.63) is 63.0 Å². The summed E-state index contributed by atoms with van der Waals surface area (Å²) in [5, 5.41) is 18.9. The number of rotatable bonds is 6. The molecule has 1 aliphatic heterocycles. The van der Waals surface area contributed by atoms with Gasteiger partial charge >= 0.3 is 5.97 Å². The second kappa shape index (κ2) is 9.09. The summed E-state index contributed by atoms with van der Waals surface area (Å²) in [7, 11) is -1.36. The quantitative estimate of drug-likeness (QED) is 0.373. The SMILES string of the molecule is COC(=O)C[C@@H]1N=C(c2ccccc2C#N)c2c(sc(CS(=O)(=O)OC)c2C)-n2c(C)nnc21. The van der Waals surface area contributed by atoms with Crippen LogP contribution in [0, 0.1) is 25.2 Å². The molecule has 1 atom stereocenters. The maximum absolute atomic E-state index is 12.3. The Morgan fingerprint density at radius 3 is 2.65 bits per heavy atom. The first-order valence-electron chi connectivity index (χ1n) is 10.2. The van der Waals surface area contributed by atoms with Crippen molar-refractivity contribution in [2.24, 2.45) is 4.99 Å². The second-order valence-corrected chi connectivity index (χ2v) is 10.4. The minimum atomic E-state index is -3.79. The van der Waals surface area contributed by atoms with Gasteiger partial charge in [0.05, 0.1) is 38.0 Å². The highest BCUT2D eigenvalue weighted by Crippen LogP contribution is 2.40. The molecule has 176 valence electrons. The number of esters is 1. The molecule has 3 heterocycles. The topological polar surface area (TPSA) is 137 Å². The van der Waals surface area contributed by atoms with E-state index < -0.39 is 22.1 Å². The number of carbonyl (C=O) groups excluding carboxylic acids is 1.